The van der Waals surface area contributed by atoms with E-state index in [2.05, 4.69) is 31.0 Å². The minimum Gasteiger partial charge on any atom is -0.395 e. The molecule has 1 aliphatic heterocycles. The van der Waals surface area contributed by atoms with Gasteiger partial charge in [-0.15, -0.1) is 0 Å². The van der Waals surface area contributed by atoms with Crippen LogP contribution >= 0.6 is 0 Å². The van der Waals surface area contributed by atoms with E-state index < -0.39 is 0 Å². The Labute approximate surface area is 130 Å². The zero-order valence-corrected chi connectivity index (χ0v) is 14.2. The molecular weight excluding hydrogens is 264 g/mol. The predicted octanol–water partition coefficient (Wildman–Crippen LogP) is 2.02. The van der Waals surface area contributed by atoms with Crippen LogP contribution in [-0.4, -0.2) is 61.0 Å². The summed E-state index contributed by atoms with van der Waals surface area (Å²) in [5.41, 5.74) is 0.458. The number of aliphatic hydroxyl groups excluding tert-OH is 1. The fraction of sp³-hybridized carbons (Fsp3) is 1.00. The fourth-order valence-electron chi connectivity index (χ4n) is 3.35. The topological polar surface area (TPSA) is 44.7 Å². The van der Waals surface area contributed by atoms with Crippen molar-refractivity contribution in [3.8, 4) is 0 Å². The van der Waals surface area contributed by atoms with Crippen LogP contribution in [-0.2, 0) is 4.74 Å². The molecule has 0 atom stereocenters. The van der Waals surface area contributed by atoms with Gasteiger partial charge in [-0.1, -0.05) is 6.42 Å². The molecule has 1 aliphatic carbocycles. The number of hydrogen-bond acceptors (Lipinski definition) is 4. The van der Waals surface area contributed by atoms with E-state index in [1.165, 1.54) is 19.3 Å². The molecule has 1 heterocycles. The standard InChI is InChI=1S/C17H34N2O2/c1-16(2,3)18-13-17(7-11-21-12-8-17)14-19(9-10-20)15-5-4-6-15/h15,18,20H,4-14H2,1-3H3. The van der Waals surface area contributed by atoms with Crippen molar-refractivity contribution >= 4 is 0 Å². The van der Waals surface area contributed by atoms with E-state index in [-0.39, 0.29) is 12.1 Å². The van der Waals surface area contributed by atoms with Crippen molar-refractivity contribution in [3.63, 3.8) is 0 Å². The molecule has 0 aromatic heterocycles. The second kappa shape index (κ2) is 7.40. The van der Waals surface area contributed by atoms with Gasteiger partial charge in [-0.2, -0.15) is 0 Å². The van der Waals surface area contributed by atoms with Crippen LogP contribution in [0.15, 0.2) is 0 Å². The zero-order chi connectivity index (χ0) is 15.3. The Morgan fingerprint density at radius 2 is 1.90 bits per heavy atom. The Balaban J connectivity index is 1.99. The summed E-state index contributed by atoms with van der Waals surface area (Å²) in [5, 5.41) is 13.1. The first-order chi connectivity index (χ1) is 9.94. The van der Waals surface area contributed by atoms with Gasteiger partial charge in [0.05, 0.1) is 6.61 Å². The molecule has 0 aromatic rings. The molecule has 2 aliphatic rings. The number of nitrogens with zero attached hydrogens (tertiary/aromatic N) is 1. The molecule has 0 radical (unpaired) electrons. The molecule has 0 aromatic carbocycles. The fourth-order valence-corrected chi connectivity index (χ4v) is 3.35. The van der Waals surface area contributed by atoms with Gasteiger partial charge >= 0.3 is 0 Å². The van der Waals surface area contributed by atoms with Crippen molar-refractivity contribution in [1.29, 1.82) is 0 Å². The Hall–Kier alpha value is -0.160. The highest BCUT2D eigenvalue weighted by Crippen LogP contribution is 2.34. The lowest BCUT2D eigenvalue weighted by Crippen LogP contribution is -2.54. The van der Waals surface area contributed by atoms with E-state index >= 15 is 0 Å². The maximum Gasteiger partial charge on any atom is 0.0558 e. The summed E-state index contributed by atoms with van der Waals surface area (Å²) in [5.74, 6) is 0. The minimum atomic E-state index is 0.156. The number of rotatable bonds is 7. The molecular formula is C17H34N2O2. The van der Waals surface area contributed by atoms with Gasteiger partial charge in [-0.05, 0) is 51.9 Å². The second-order valence-corrected chi connectivity index (χ2v) is 7.99. The Kier molecular flexibility index (Phi) is 6.06. The predicted molar refractivity (Wildman–Crippen MR) is 86.5 cm³/mol. The Morgan fingerprint density at radius 1 is 1.24 bits per heavy atom. The molecule has 124 valence electrons. The third kappa shape index (κ3) is 5.20. The average molecular weight is 298 g/mol. The Bertz CT molecular complexity index is 304. The number of ether oxygens (including phenoxy) is 1. The molecule has 0 amide bonds. The van der Waals surface area contributed by atoms with Crippen molar-refractivity contribution in [2.45, 2.75) is 64.5 Å². The number of nitrogens with one attached hydrogen (secondary N) is 1. The summed E-state index contributed by atoms with van der Waals surface area (Å²) < 4.78 is 5.60. The molecule has 21 heavy (non-hydrogen) atoms. The summed E-state index contributed by atoms with van der Waals surface area (Å²) in [7, 11) is 0. The molecule has 4 nitrogen and oxygen atoms in total. The molecule has 1 saturated carbocycles. The van der Waals surface area contributed by atoms with E-state index in [1.54, 1.807) is 0 Å². The van der Waals surface area contributed by atoms with Crippen LogP contribution in [0.2, 0.25) is 0 Å². The highest BCUT2D eigenvalue weighted by Gasteiger charge is 2.37. The summed E-state index contributed by atoms with van der Waals surface area (Å²) in [6.45, 7) is 11.7. The van der Waals surface area contributed by atoms with Crippen LogP contribution in [0.1, 0.15) is 52.9 Å². The molecule has 0 spiro atoms. The Morgan fingerprint density at radius 3 is 2.38 bits per heavy atom. The third-order valence-electron chi connectivity index (χ3n) is 5.06. The maximum absolute atomic E-state index is 9.40. The molecule has 0 unspecified atom stereocenters. The van der Waals surface area contributed by atoms with Crippen LogP contribution in [0.4, 0.5) is 0 Å². The average Bonchev–Trinajstić information content (AvgIpc) is 2.35. The number of aliphatic hydroxyl groups is 1. The van der Waals surface area contributed by atoms with Crippen LogP contribution in [0, 0.1) is 5.41 Å². The lowest BCUT2D eigenvalue weighted by atomic mass is 9.77. The zero-order valence-electron chi connectivity index (χ0n) is 14.2. The largest absolute Gasteiger partial charge is 0.395 e. The van der Waals surface area contributed by atoms with E-state index in [9.17, 15) is 5.11 Å². The SMILES string of the molecule is CC(C)(C)NCC1(CN(CCO)C2CCC2)CCOCC1. The summed E-state index contributed by atoms with van der Waals surface area (Å²) in [4.78, 5) is 2.54. The lowest BCUT2D eigenvalue weighted by Gasteiger charge is -2.46. The van der Waals surface area contributed by atoms with E-state index in [0.29, 0.717) is 11.5 Å². The van der Waals surface area contributed by atoms with Crippen LogP contribution in [0.5, 0.6) is 0 Å². The van der Waals surface area contributed by atoms with E-state index in [4.69, 9.17) is 4.74 Å². The highest BCUT2D eigenvalue weighted by atomic mass is 16.5. The molecule has 2 rings (SSSR count). The van der Waals surface area contributed by atoms with Gasteiger partial charge in [0.25, 0.3) is 0 Å². The lowest BCUT2D eigenvalue weighted by molar-refractivity contribution is -0.0254. The van der Waals surface area contributed by atoms with Gasteiger partial charge < -0.3 is 15.2 Å². The van der Waals surface area contributed by atoms with Crippen LogP contribution in [0.3, 0.4) is 0 Å². The van der Waals surface area contributed by atoms with Crippen molar-refractivity contribution in [3.05, 3.63) is 0 Å². The summed E-state index contributed by atoms with van der Waals surface area (Å²) in [6, 6.07) is 0.700. The van der Waals surface area contributed by atoms with Gasteiger partial charge in [0.2, 0.25) is 0 Å². The van der Waals surface area contributed by atoms with Gasteiger partial charge in [0.1, 0.15) is 0 Å². The van der Waals surface area contributed by atoms with Gasteiger partial charge in [-0.3, -0.25) is 4.90 Å². The first kappa shape index (κ1) is 17.2. The third-order valence-corrected chi connectivity index (χ3v) is 5.06. The molecule has 0 bridgehead atoms. The normalized spacial score (nSPS) is 23.3. The monoisotopic (exact) mass is 298 g/mol. The van der Waals surface area contributed by atoms with Crippen molar-refractivity contribution in [2.24, 2.45) is 5.41 Å². The smallest absolute Gasteiger partial charge is 0.0558 e. The quantitative estimate of drug-likeness (QED) is 0.755. The minimum absolute atomic E-state index is 0.156. The first-order valence-corrected chi connectivity index (χ1v) is 8.62. The van der Waals surface area contributed by atoms with E-state index in [1.807, 2.05) is 0 Å². The number of hydrogen-bond donors (Lipinski definition) is 2. The molecule has 1 saturated heterocycles. The van der Waals surface area contributed by atoms with Gasteiger partial charge in [0, 0.05) is 44.4 Å². The summed E-state index contributed by atoms with van der Waals surface area (Å²) >= 11 is 0. The van der Waals surface area contributed by atoms with Gasteiger partial charge in [-0.25, -0.2) is 0 Å². The first-order valence-electron chi connectivity index (χ1n) is 8.62. The van der Waals surface area contributed by atoms with Crippen molar-refractivity contribution < 1.29 is 9.84 Å². The summed E-state index contributed by atoms with van der Waals surface area (Å²) in [6.07, 6.45) is 6.22. The van der Waals surface area contributed by atoms with E-state index in [0.717, 1.165) is 45.7 Å². The van der Waals surface area contributed by atoms with Crippen LogP contribution < -0.4 is 5.32 Å². The van der Waals surface area contributed by atoms with Gasteiger partial charge in [0.15, 0.2) is 0 Å². The van der Waals surface area contributed by atoms with Crippen molar-refractivity contribution in [1.82, 2.24) is 10.2 Å². The highest BCUT2D eigenvalue weighted by molar-refractivity contribution is 4.92. The molecule has 4 heteroatoms. The second-order valence-electron chi connectivity index (χ2n) is 7.99. The van der Waals surface area contributed by atoms with Crippen molar-refractivity contribution in [2.75, 3.05) is 39.5 Å². The van der Waals surface area contributed by atoms with Crippen LogP contribution in [0.25, 0.3) is 0 Å². The molecule has 2 N–H and O–H groups in total. The maximum atomic E-state index is 9.40. The molecule has 2 fully saturated rings.